The van der Waals surface area contributed by atoms with Crippen molar-refractivity contribution in [3.05, 3.63) is 74.5 Å². The van der Waals surface area contributed by atoms with Gasteiger partial charge in [-0.3, -0.25) is 10.1 Å². The Labute approximate surface area is 149 Å². The molecule has 0 aromatic heterocycles. The van der Waals surface area contributed by atoms with Crippen LogP contribution in [-0.4, -0.2) is 23.9 Å². The van der Waals surface area contributed by atoms with Gasteiger partial charge in [0.05, 0.1) is 12.0 Å². The van der Waals surface area contributed by atoms with Crippen molar-refractivity contribution in [1.29, 1.82) is 0 Å². The fourth-order valence-electron chi connectivity index (χ4n) is 2.63. The lowest BCUT2D eigenvalue weighted by molar-refractivity contribution is -0.385. The molecule has 0 spiro atoms. The van der Waals surface area contributed by atoms with Crippen molar-refractivity contribution >= 4 is 23.6 Å². The number of ether oxygens (including phenoxy) is 2. The molecular weight excluding hydrogens is 336 g/mol. The van der Waals surface area contributed by atoms with Crippen LogP contribution in [0.2, 0.25) is 0 Å². The minimum Gasteiger partial charge on any atom is -0.490 e. The van der Waals surface area contributed by atoms with Gasteiger partial charge in [-0.1, -0.05) is 23.8 Å². The van der Waals surface area contributed by atoms with Crippen LogP contribution in [-0.2, 0) is 9.53 Å². The summed E-state index contributed by atoms with van der Waals surface area (Å²) in [6.07, 6.45) is 1.64. The van der Waals surface area contributed by atoms with E-state index in [-0.39, 0.29) is 23.0 Å². The van der Waals surface area contributed by atoms with Gasteiger partial charge in [0.1, 0.15) is 0 Å². The molecule has 0 N–H and O–H groups in total. The van der Waals surface area contributed by atoms with Crippen molar-refractivity contribution < 1.29 is 19.2 Å². The molecule has 132 valence electrons. The highest BCUT2D eigenvalue weighted by molar-refractivity contribution is 6.13. The molecule has 2 aromatic rings. The number of cyclic esters (lactones) is 1. The monoisotopic (exact) mass is 352 g/mol. The predicted molar refractivity (Wildman–Crippen MR) is 96.2 cm³/mol. The average Bonchev–Trinajstić information content (AvgIpc) is 2.97. The van der Waals surface area contributed by atoms with Crippen LogP contribution in [0, 0.1) is 24.0 Å². The minimum absolute atomic E-state index is 0.0248. The van der Waals surface area contributed by atoms with Gasteiger partial charge in [-0.2, -0.15) is 0 Å². The highest BCUT2D eigenvalue weighted by Crippen LogP contribution is 2.29. The SMILES string of the molecule is COc1ccc(C2=N/C(=C\c3ccc(C)cc3C)C(=O)O2)cc1[N+](=O)[O-]. The van der Waals surface area contributed by atoms with Crippen molar-refractivity contribution in [2.75, 3.05) is 7.11 Å². The van der Waals surface area contributed by atoms with E-state index < -0.39 is 10.9 Å². The Balaban J connectivity index is 1.99. The van der Waals surface area contributed by atoms with Crippen LogP contribution in [0.5, 0.6) is 5.75 Å². The van der Waals surface area contributed by atoms with E-state index in [1.807, 2.05) is 32.0 Å². The number of nitro benzene ring substituents is 1. The number of carbonyl (C=O) groups excluding carboxylic acids is 1. The van der Waals surface area contributed by atoms with Gasteiger partial charge in [0.15, 0.2) is 11.4 Å². The third-order valence-electron chi connectivity index (χ3n) is 3.96. The number of methoxy groups -OCH3 is 1. The van der Waals surface area contributed by atoms with Gasteiger partial charge >= 0.3 is 11.7 Å². The van der Waals surface area contributed by atoms with Crippen molar-refractivity contribution in [1.82, 2.24) is 0 Å². The Morgan fingerprint density at radius 2 is 1.96 bits per heavy atom. The zero-order valence-electron chi connectivity index (χ0n) is 14.5. The molecule has 0 unspecified atom stereocenters. The second-order valence-corrected chi connectivity index (χ2v) is 5.84. The first-order valence-corrected chi connectivity index (χ1v) is 7.81. The summed E-state index contributed by atoms with van der Waals surface area (Å²) in [4.78, 5) is 26.9. The average molecular weight is 352 g/mol. The standard InChI is InChI=1S/C19H16N2O5/c1-11-4-5-13(12(2)8-11)9-15-19(22)26-18(20-15)14-6-7-17(25-3)16(10-14)21(23)24/h4-10H,1-3H3/b15-9-. The van der Waals surface area contributed by atoms with E-state index in [1.165, 1.54) is 19.2 Å². The predicted octanol–water partition coefficient (Wildman–Crippen LogP) is 3.56. The number of carbonyl (C=O) groups is 1. The number of aryl methyl sites for hydroxylation is 2. The lowest BCUT2D eigenvalue weighted by Gasteiger charge is -2.03. The maximum atomic E-state index is 12.1. The molecule has 0 radical (unpaired) electrons. The van der Waals surface area contributed by atoms with E-state index >= 15 is 0 Å². The third kappa shape index (κ3) is 3.32. The third-order valence-corrected chi connectivity index (χ3v) is 3.96. The zero-order valence-corrected chi connectivity index (χ0v) is 14.5. The Bertz CT molecular complexity index is 976. The summed E-state index contributed by atoms with van der Waals surface area (Å²) in [7, 11) is 1.35. The number of hydrogen-bond acceptors (Lipinski definition) is 6. The second kappa shape index (κ2) is 6.79. The molecule has 0 aliphatic carbocycles. The molecule has 1 heterocycles. The van der Waals surface area contributed by atoms with E-state index in [0.717, 1.165) is 16.7 Å². The molecular formula is C19H16N2O5. The van der Waals surface area contributed by atoms with Crippen molar-refractivity contribution in [2.24, 2.45) is 4.99 Å². The van der Waals surface area contributed by atoms with Crippen LogP contribution in [0.25, 0.3) is 6.08 Å². The van der Waals surface area contributed by atoms with Crippen molar-refractivity contribution in [3.63, 3.8) is 0 Å². The summed E-state index contributed by atoms with van der Waals surface area (Å²) in [5.41, 5.74) is 3.23. The Morgan fingerprint density at radius 1 is 1.19 bits per heavy atom. The van der Waals surface area contributed by atoms with Gasteiger partial charge in [-0.15, -0.1) is 0 Å². The molecule has 0 atom stereocenters. The van der Waals surface area contributed by atoms with Crippen molar-refractivity contribution in [3.8, 4) is 5.75 Å². The van der Waals surface area contributed by atoms with Crippen LogP contribution in [0.4, 0.5) is 5.69 Å². The minimum atomic E-state index is -0.599. The molecule has 0 saturated carbocycles. The number of benzene rings is 2. The second-order valence-electron chi connectivity index (χ2n) is 5.84. The maximum Gasteiger partial charge on any atom is 0.363 e. The summed E-state index contributed by atoms with van der Waals surface area (Å²) in [5.74, 6) is -0.454. The molecule has 26 heavy (non-hydrogen) atoms. The van der Waals surface area contributed by atoms with Crippen LogP contribution in [0.15, 0.2) is 47.1 Å². The summed E-state index contributed by atoms with van der Waals surface area (Å²) in [6.45, 7) is 3.93. The van der Waals surface area contributed by atoms with Gasteiger partial charge in [0, 0.05) is 11.6 Å². The van der Waals surface area contributed by atoms with Gasteiger partial charge in [0.2, 0.25) is 5.90 Å². The first-order valence-electron chi connectivity index (χ1n) is 7.81. The Kier molecular flexibility index (Phi) is 4.53. The maximum absolute atomic E-state index is 12.1. The van der Waals surface area contributed by atoms with E-state index in [2.05, 4.69) is 4.99 Å². The van der Waals surface area contributed by atoms with E-state index in [9.17, 15) is 14.9 Å². The molecule has 1 aliphatic heterocycles. The lowest BCUT2D eigenvalue weighted by Crippen LogP contribution is -2.06. The fourth-order valence-corrected chi connectivity index (χ4v) is 2.63. The summed E-state index contributed by atoms with van der Waals surface area (Å²) < 4.78 is 10.2. The first-order chi connectivity index (χ1) is 12.4. The highest BCUT2D eigenvalue weighted by Gasteiger charge is 2.26. The summed E-state index contributed by atoms with van der Waals surface area (Å²) in [5, 5.41) is 11.1. The van der Waals surface area contributed by atoms with Gasteiger partial charge in [-0.25, -0.2) is 9.79 Å². The van der Waals surface area contributed by atoms with Gasteiger partial charge in [-0.05, 0) is 43.2 Å². The molecule has 7 heteroatoms. The van der Waals surface area contributed by atoms with E-state index in [1.54, 1.807) is 12.1 Å². The number of rotatable bonds is 4. The topological polar surface area (TPSA) is 91.0 Å². The van der Waals surface area contributed by atoms with Crippen LogP contribution >= 0.6 is 0 Å². The zero-order chi connectivity index (χ0) is 18.8. The van der Waals surface area contributed by atoms with Crippen LogP contribution < -0.4 is 4.74 Å². The molecule has 0 bridgehead atoms. The molecule has 0 saturated heterocycles. The largest absolute Gasteiger partial charge is 0.490 e. The molecule has 2 aromatic carbocycles. The number of nitro groups is 1. The van der Waals surface area contributed by atoms with Gasteiger partial charge in [0.25, 0.3) is 0 Å². The smallest absolute Gasteiger partial charge is 0.363 e. The molecule has 0 fully saturated rings. The van der Waals surface area contributed by atoms with Crippen LogP contribution in [0.3, 0.4) is 0 Å². The fraction of sp³-hybridized carbons (Fsp3) is 0.158. The first kappa shape index (κ1) is 17.3. The normalized spacial score (nSPS) is 15.0. The van der Waals surface area contributed by atoms with Gasteiger partial charge < -0.3 is 9.47 Å². The lowest BCUT2D eigenvalue weighted by atomic mass is 10.0. The summed E-state index contributed by atoms with van der Waals surface area (Å²) >= 11 is 0. The molecule has 3 rings (SSSR count). The van der Waals surface area contributed by atoms with E-state index in [0.29, 0.717) is 5.56 Å². The molecule has 7 nitrogen and oxygen atoms in total. The highest BCUT2D eigenvalue weighted by atomic mass is 16.6. The number of nitrogens with zero attached hydrogens (tertiary/aromatic N) is 2. The van der Waals surface area contributed by atoms with E-state index in [4.69, 9.17) is 9.47 Å². The molecule has 1 aliphatic rings. The molecule has 0 amide bonds. The Morgan fingerprint density at radius 3 is 2.62 bits per heavy atom. The number of hydrogen-bond donors (Lipinski definition) is 0. The summed E-state index contributed by atoms with van der Waals surface area (Å²) in [6, 6.07) is 10.1. The van der Waals surface area contributed by atoms with Crippen molar-refractivity contribution in [2.45, 2.75) is 13.8 Å². The number of aliphatic imine (C=N–C) groups is 1. The number of esters is 1. The Hall–Kier alpha value is -3.48. The van der Waals surface area contributed by atoms with Crippen LogP contribution in [0.1, 0.15) is 22.3 Å². The quantitative estimate of drug-likeness (QED) is 0.363.